The van der Waals surface area contributed by atoms with Gasteiger partial charge in [0.25, 0.3) is 5.91 Å². The number of benzene rings is 3. The second kappa shape index (κ2) is 12.6. The van der Waals surface area contributed by atoms with Crippen LogP contribution in [0.1, 0.15) is 34.0 Å². The molecule has 3 N–H and O–H groups in total. The lowest BCUT2D eigenvalue weighted by atomic mass is 9.99. The number of aliphatic hydroxyl groups excluding tert-OH is 1. The molecule has 0 saturated carbocycles. The Morgan fingerprint density at radius 1 is 1.11 bits per heavy atom. The van der Waals surface area contributed by atoms with Crippen LogP contribution in [0.15, 0.2) is 84.0 Å². The van der Waals surface area contributed by atoms with E-state index < -0.39 is 12.1 Å². The van der Waals surface area contributed by atoms with Gasteiger partial charge in [0.15, 0.2) is 0 Å². The van der Waals surface area contributed by atoms with Crippen molar-refractivity contribution in [3.05, 3.63) is 95.6 Å². The molecule has 1 heterocycles. The molecule has 3 aromatic carbocycles. The molecule has 182 valence electrons. The number of oxime groups is 1. The number of carbonyl (C=O) groups is 2. The lowest BCUT2D eigenvalue weighted by Crippen LogP contribution is -2.36. The summed E-state index contributed by atoms with van der Waals surface area (Å²) in [6, 6.07) is 24.5. The van der Waals surface area contributed by atoms with Crippen LogP contribution in [0.5, 0.6) is 0 Å². The predicted molar refractivity (Wildman–Crippen MR) is 137 cm³/mol. The minimum atomic E-state index is -0.513. The average molecular weight is 474 g/mol. The van der Waals surface area contributed by atoms with Crippen molar-refractivity contribution in [1.29, 1.82) is 0 Å². The van der Waals surface area contributed by atoms with Crippen LogP contribution >= 0.6 is 0 Å². The van der Waals surface area contributed by atoms with Gasteiger partial charge in [-0.3, -0.25) is 4.79 Å². The van der Waals surface area contributed by atoms with Crippen LogP contribution < -0.4 is 5.73 Å². The van der Waals surface area contributed by atoms with E-state index in [-0.39, 0.29) is 12.5 Å². The van der Waals surface area contributed by atoms with E-state index in [9.17, 15) is 14.7 Å². The maximum Gasteiger partial charge on any atom is 0.254 e. The zero-order valence-corrected chi connectivity index (χ0v) is 20.0. The minimum Gasteiger partial charge on any atom is -0.399 e. The van der Waals surface area contributed by atoms with E-state index >= 15 is 0 Å². The van der Waals surface area contributed by atoms with Crippen molar-refractivity contribution in [3.63, 3.8) is 0 Å². The summed E-state index contributed by atoms with van der Waals surface area (Å²) in [6.45, 7) is 2.66. The Morgan fingerprint density at radius 2 is 1.77 bits per heavy atom. The summed E-state index contributed by atoms with van der Waals surface area (Å²) < 4.78 is 0. The van der Waals surface area contributed by atoms with E-state index in [0.29, 0.717) is 24.2 Å². The molecule has 1 saturated heterocycles. The summed E-state index contributed by atoms with van der Waals surface area (Å²) in [6.07, 6.45) is 0.698. The SMILES string of the molecule is CO/N=C1/CC(C=O)N(C(=O)c2ccc(-c3ccccc3C)cc2)C1.NCC(O)c1ccccc1. The van der Waals surface area contributed by atoms with Gasteiger partial charge in [0.05, 0.1) is 24.4 Å². The molecule has 0 aliphatic carbocycles. The van der Waals surface area contributed by atoms with Gasteiger partial charge in [0.1, 0.15) is 13.4 Å². The number of aliphatic hydroxyl groups is 1. The number of likely N-dealkylation sites (tertiary alicyclic amines) is 1. The summed E-state index contributed by atoms with van der Waals surface area (Å²) in [5.41, 5.74) is 10.8. The molecule has 7 nitrogen and oxygen atoms in total. The quantitative estimate of drug-likeness (QED) is 0.419. The molecule has 1 fully saturated rings. The molecular weight excluding hydrogens is 442 g/mol. The topological polar surface area (TPSA) is 105 Å². The first-order chi connectivity index (χ1) is 17.0. The Morgan fingerprint density at radius 3 is 2.37 bits per heavy atom. The highest BCUT2D eigenvalue weighted by molar-refractivity contribution is 6.03. The van der Waals surface area contributed by atoms with E-state index in [1.54, 1.807) is 12.1 Å². The highest BCUT2D eigenvalue weighted by Gasteiger charge is 2.33. The zero-order valence-electron chi connectivity index (χ0n) is 20.0. The smallest absolute Gasteiger partial charge is 0.254 e. The van der Waals surface area contributed by atoms with Gasteiger partial charge in [0.2, 0.25) is 0 Å². The standard InChI is InChI=1S/C20H20N2O3.C8H11NO/c1-14-5-3-4-6-19(14)15-7-9-16(10-8-15)20(24)22-12-17(21-25-2)11-18(22)13-23;9-6-8(10)7-4-2-1-3-5-7/h3-10,13,18H,11-12H2,1-2H3;1-5,8,10H,6,9H2/b21-17-;. The Hall–Kier alpha value is -3.81. The Kier molecular flexibility index (Phi) is 9.29. The molecule has 35 heavy (non-hydrogen) atoms. The van der Waals surface area contributed by atoms with E-state index in [2.05, 4.69) is 24.2 Å². The molecule has 1 aliphatic rings. The fourth-order valence-corrected chi connectivity index (χ4v) is 3.94. The van der Waals surface area contributed by atoms with Crippen LogP contribution in [-0.4, -0.2) is 54.2 Å². The van der Waals surface area contributed by atoms with Gasteiger partial charge < -0.3 is 25.4 Å². The Balaban J connectivity index is 0.000000287. The van der Waals surface area contributed by atoms with Crippen molar-refractivity contribution in [2.45, 2.75) is 25.5 Å². The number of carbonyl (C=O) groups excluding carboxylic acids is 2. The van der Waals surface area contributed by atoms with Crippen LogP contribution in [-0.2, 0) is 9.63 Å². The summed E-state index contributed by atoms with van der Waals surface area (Å²) >= 11 is 0. The zero-order chi connectivity index (χ0) is 25.2. The molecule has 1 aliphatic heterocycles. The molecule has 0 bridgehead atoms. The van der Waals surface area contributed by atoms with Crippen LogP contribution in [0, 0.1) is 6.92 Å². The molecule has 3 aromatic rings. The predicted octanol–water partition coefficient (Wildman–Crippen LogP) is 3.76. The van der Waals surface area contributed by atoms with Gasteiger partial charge in [-0.15, -0.1) is 0 Å². The Bertz CT molecular complexity index is 1150. The third kappa shape index (κ3) is 6.62. The van der Waals surface area contributed by atoms with Gasteiger partial charge in [-0.25, -0.2) is 0 Å². The maximum atomic E-state index is 12.8. The fourth-order valence-electron chi connectivity index (χ4n) is 3.94. The highest BCUT2D eigenvalue weighted by Crippen LogP contribution is 2.24. The first-order valence-electron chi connectivity index (χ1n) is 11.4. The number of aryl methyl sites for hydroxylation is 1. The fraction of sp³-hybridized carbons (Fsp3) is 0.250. The molecule has 0 aromatic heterocycles. The van der Waals surface area contributed by atoms with Gasteiger partial charge in [-0.1, -0.05) is 71.9 Å². The van der Waals surface area contributed by atoms with Crippen LogP contribution in [0.3, 0.4) is 0 Å². The number of nitrogens with two attached hydrogens (primary N) is 1. The average Bonchev–Trinajstić information content (AvgIpc) is 3.32. The van der Waals surface area contributed by atoms with Crippen LogP contribution in [0.4, 0.5) is 0 Å². The first-order valence-corrected chi connectivity index (χ1v) is 11.4. The van der Waals surface area contributed by atoms with E-state index in [0.717, 1.165) is 23.0 Å². The Labute approximate surface area is 205 Å². The number of rotatable bonds is 6. The molecule has 0 radical (unpaired) electrons. The molecule has 0 spiro atoms. The second-order valence-electron chi connectivity index (χ2n) is 8.24. The minimum absolute atomic E-state index is 0.172. The number of hydrogen-bond acceptors (Lipinski definition) is 6. The van der Waals surface area contributed by atoms with Gasteiger partial charge in [-0.05, 0) is 41.3 Å². The number of nitrogens with zero attached hydrogens (tertiary/aromatic N) is 2. The van der Waals surface area contributed by atoms with Gasteiger partial charge in [-0.2, -0.15) is 0 Å². The molecule has 2 atom stereocenters. The van der Waals surface area contributed by atoms with Crippen molar-refractivity contribution in [2.24, 2.45) is 10.9 Å². The van der Waals surface area contributed by atoms with Gasteiger partial charge >= 0.3 is 0 Å². The van der Waals surface area contributed by atoms with Crippen LogP contribution in [0.25, 0.3) is 11.1 Å². The number of hydrogen-bond donors (Lipinski definition) is 2. The molecular formula is C28H31N3O4. The normalized spacial score (nSPS) is 16.9. The van der Waals surface area contributed by atoms with Crippen LogP contribution in [0.2, 0.25) is 0 Å². The monoisotopic (exact) mass is 473 g/mol. The van der Waals surface area contributed by atoms with Crippen molar-refractivity contribution in [3.8, 4) is 11.1 Å². The lowest BCUT2D eigenvalue weighted by Gasteiger charge is -2.19. The molecule has 7 heteroatoms. The largest absolute Gasteiger partial charge is 0.399 e. The van der Waals surface area contributed by atoms with Crippen molar-refractivity contribution in [2.75, 3.05) is 20.2 Å². The third-order valence-corrected chi connectivity index (χ3v) is 5.83. The van der Waals surface area contributed by atoms with E-state index in [1.807, 2.05) is 54.6 Å². The van der Waals surface area contributed by atoms with E-state index in [1.165, 1.54) is 17.6 Å². The summed E-state index contributed by atoms with van der Waals surface area (Å²) in [5.74, 6) is -0.172. The molecule has 1 amide bonds. The molecule has 4 rings (SSSR count). The van der Waals surface area contributed by atoms with Crippen molar-refractivity contribution in [1.82, 2.24) is 4.90 Å². The summed E-state index contributed by atoms with van der Waals surface area (Å²) in [5, 5.41) is 13.1. The third-order valence-electron chi connectivity index (χ3n) is 5.83. The van der Waals surface area contributed by atoms with Crippen molar-refractivity contribution >= 4 is 17.9 Å². The summed E-state index contributed by atoms with van der Waals surface area (Å²) in [4.78, 5) is 30.3. The second-order valence-corrected chi connectivity index (χ2v) is 8.24. The number of amides is 1. The number of aldehydes is 1. The lowest BCUT2D eigenvalue weighted by molar-refractivity contribution is -0.111. The highest BCUT2D eigenvalue weighted by atomic mass is 16.6. The summed E-state index contributed by atoms with van der Waals surface area (Å²) in [7, 11) is 1.46. The van der Waals surface area contributed by atoms with Gasteiger partial charge in [0, 0.05) is 18.5 Å². The first kappa shape index (κ1) is 25.8. The van der Waals surface area contributed by atoms with Crippen molar-refractivity contribution < 1.29 is 19.5 Å². The molecule has 2 unspecified atom stereocenters. The maximum absolute atomic E-state index is 12.8. The van der Waals surface area contributed by atoms with E-state index in [4.69, 9.17) is 10.6 Å².